The van der Waals surface area contributed by atoms with E-state index in [-0.39, 0.29) is 0 Å². The monoisotopic (exact) mass is 355 g/mol. The van der Waals surface area contributed by atoms with E-state index in [4.69, 9.17) is 9.47 Å². The molecule has 26 heavy (non-hydrogen) atoms. The summed E-state index contributed by atoms with van der Waals surface area (Å²) in [5.41, 5.74) is 3.58. The molecule has 2 N–H and O–H groups in total. The Hall–Kier alpha value is -2.69. The molecule has 0 aliphatic heterocycles. The van der Waals surface area contributed by atoms with Crippen LogP contribution in [-0.4, -0.2) is 26.7 Å². The number of benzene rings is 2. The van der Waals surface area contributed by atoms with Crippen molar-refractivity contribution in [1.82, 2.24) is 10.6 Å². The predicted molar refractivity (Wildman–Crippen MR) is 107 cm³/mol. The molecule has 0 amide bonds. The van der Waals surface area contributed by atoms with E-state index in [1.807, 2.05) is 18.2 Å². The minimum atomic E-state index is 0.651. The van der Waals surface area contributed by atoms with Crippen molar-refractivity contribution in [2.45, 2.75) is 33.4 Å². The predicted octanol–water partition coefficient (Wildman–Crippen LogP) is 3.66. The Morgan fingerprint density at radius 3 is 2.35 bits per heavy atom. The summed E-state index contributed by atoms with van der Waals surface area (Å²) >= 11 is 0. The van der Waals surface area contributed by atoms with Crippen LogP contribution in [0.3, 0.4) is 0 Å². The van der Waals surface area contributed by atoms with Crippen molar-refractivity contribution in [1.29, 1.82) is 0 Å². The van der Waals surface area contributed by atoms with Gasteiger partial charge in [-0.2, -0.15) is 0 Å². The van der Waals surface area contributed by atoms with Gasteiger partial charge in [-0.25, -0.2) is 0 Å². The zero-order valence-electron chi connectivity index (χ0n) is 16.1. The standard InChI is InChI=1S/C21H29N3O2/c1-5-11-26-19-10-9-18(13-20(19)25-4)15-24-21(22-3)23-14-17-8-6-7-16(2)12-17/h6-10,12-13H,5,11,14-15H2,1-4H3,(H2,22,23,24). The Kier molecular flexibility index (Phi) is 7.80. The highest BCUT2D eigenvalue weighted by molar-refractivity contribution is 5.79. The van der Waals surface area contributed by atoms with Gasteiger partial charge in [-0.1, -0.05) is 42.8 Å². The second-order valence-corrected chi connectivity index (χ2v) is 6.10. The fourth-order valence-corrected chi connectivity index (χ4v) is 2.57. The number of nitrogens with zero attached hydrogens (tertiary/aromatic N) is 1. The van der Waals surface area contributed by atoms with E-state index in [2.05, 4.69) is 53.7 Å². The number of ether oxygens (including phenoxy) is 2. The third kappa shape index (κ3) is 5.99. The van der Waals surface area contributed by atoms with Gasteiger partial charge in [0.2, 0.25) is 0 Å². The van der Waals surface area contributed by atoms with Gasteiger partial charge in [0.1, 0.15) is 0 Å². The lowest BCUT2D eigenvalue weighted by Crippen LogP contribution is -2.36. The molecule has 2 aromatic rings. The maximum atomic E-state index is 5.69. The van der Waals surface area contributed by atoms with Crippen molar-refractivity contribution in [3.63, 3.8) is 0 Å². The molecule has 5 heteroatoms. The first-order chi connectivity index (χ1) is 12.7. The third-order valence-corrected chi connectivity index (χ3v) is 3.92. The zero-order chi connectivity index (χ0) is 18.8. The molecule has 0 spiro atoms. The summed E-state index contributed by atoms with van der Waals surface area (Å²) < 4.78 is 11.1. The summed E-state index contributed by atoms with van der Waals surface area (Å²) in [7, 11) is 3.43. The first kappa shape index (κ1) is 19.6. The number of aliphatic imine (C=N–C) groups is 1. The van der Waals surface area contributed by atoms with Crippen molar-refractivity contribution in [2.24, 2.45) is 4.99 Å². The molecule has 0 heterocycles. The first-order valence-corrected chi connectivity index (χ1v) is 8.96. The van der Waals surface area contributed by atoms with Crippen LogP contribution in [0.15, 0.2) is 47.5 Å². The van der Waals surface area contributed by atoms with E-state index in [1.54, 1.807) is 14.2 Å². The number of aryl methyl sites for hydroxylation is 1. The first-order valence-electron chi connectivity index (χ1n) is 8.96. The Morgan fingerprint density at radius 2 is 1.73 bits per heavy atom. The van der Waals surface area contributed by atoms with Crippen LogP contribution in [-0.2, 0) is 13.1 Å². The molecule has 0 aliphatic carbocycles. The largest absolute Gasteiger partial charge is 0.493 e. The molecule has 0 unspecified atom stereocenters. The molecule has 0 atom stereocenters. The summed E-state index contributed by atoms with van der Waals surface area (Å²) in [6, 6.07) is 14.4. The SMILES string of the molecule is CCCOc1ccc(CNC(=NC)NCc2cccc(C)c2)cc1OC. The van der Waals surface area contributed by atoms with Crippen molar-refractivity contribution in [2.75, 3.05) is 20.8 Å². The van der Waals surface area contributed by atoms with Crippen molar-refractivity contribution in [3.8, 4) is 11.5 Å². The van der Waals surface area contributed by atoms with E-state index in [0.717, 1.165) is 36.0 Å². The van der Waals surface area contributed by atoms with Gasteiger partial charge in [0.05, 0.1) is 13.7 Å². The lowest BCUT2D eigenvalue weighted by molar-refractivity contribution is 0.294. The van der Waals surface area contributed by atoms with Crippen LogP contribution in [0, 0.1) is 6.92 Å². The number of hydrogen-bond acceptors (Lipinski definition) is 3. The van der Waals surface area contributed by atoms with Gasteiger partial charge in [0.15, 0.2) is 17.5 Å². The number of nitrogens with one attached hydrogen (secondary N) is 2. The van der Waals surface area contributed by atoms with Gasteiger partial charge >= 0.3 is 0 Å². The highest BCUT2D eigenvalue weighted by atomic mass is 16.5. The Bertz CT molecular complexity index is 729. The van der Waals surface area contributed by atoms with Gasteiger partial charge in [0.25, 0.3) is 0 Å². The van der Waals surface area contributed by atoms with E-state index in [0.29, 0.717) is 13.2 Å². The van der Waals surface area contributed by atoms with Crippen LogP contribution < -0.4 is 20.1 Å². The maximum Gasteiger partial charge on any atom is 0.191 e. The van der Waals surface area contributed by atoms with E-state index in [9.17, 15) is 0 Å². The molecule has 0 fully saturated rings. The number of hydrogen-bond donors (Lipinski definition) is 2. The fourth-order valence-electron chi connectivity index (χ4n) is 2.57. The minimum absolute atomic E-state index is 0.651. The molecule has 140 valence electrons. The molecule has 5 nitrogen and oxygen atoms in total. The summed E-state index contributed by atoms with van der Waals surface area (Å²) in [5.74, 6) is 2.29. The second kappa shape index (κ2) is 10.3. The highest BCUT2D eigenvalue weighted by Crippen LogP contribution is 2.28. The minimum Gasteiger partial charge on any atom is -0.493 e. The van der Waals surface area contributed by atoms with E-state index < -0.39 is 0 Å². The molecular weight excluding hydrogens is 326 g/mol. The van der Waals surface area contributed by atoms with Gasteiger partial charge in [-0.05, 0) is 36.6 Å². The summed E-state index contributed by atoms with van der Waals surface area (Å²) in [6.45, 7) is 6.24. The molecule has 0 radical (unpaired) electrons. The van der Waals surface area contributed by atoms with Crippen molar-refractivity contribution < 1.29 is 9.47 Å². The normalized spacial score (nSPS) is 11.2. The zero-order valence-corrected chi connectivity index (χ0v) is 16.1. The van der Waals surface area contributed by atoms with Crippen LogP contribution in [0.1, 0.15) is 30.0 Å². The molecule has 0 saturated carbocycles. The van der Waals surface area contributed by atoms with Crippen molar-refractivity contribution in [3.05, 3.63) is 59.2 Å². The summed E-state index contributed by atoms with van der Waals surface area (Å²) in [6.07, 6.45) is 0.968. The number of rotatable bonds is 8. The van der Waals surface area contributed by atoms with Crippen LogP contribution in [0.25, 0.3) is 0 Å². The molecular formula is C21H29N3O2. The van der Waals surface area contributed by atoms with Crippen LogP contribution in [0.4, 0.5) is 0 Å². The fraction of sp³-hybridized carbons (Fsp3) is 0.381. The molecule has 0 bridgehead atoms. The second-order valence-electron chi connectivity index (χ2n) is 6.10. The van der Waals surface area contributed by atoms with Gasteiger partial charge < -0.3 is 20.1 Å². The average molecular weight is 355 g/mol. The summed E-state index contributed by atoms with van der Waals surface area (Å²) in [5, 5.41) is 6.66. The Labute approximate surface area is 156 Å². The van der Waals surface area contributed by atoms with Crippen LogP contribution in [0.2, 0.25) is 0 Å². The topological polar surface area (TPSA) is 54.9 Å². The third-order valence-electron chi connectivity index (χ3n) is 3.92. The summed E-state index contributed by atoms with van der Waals surface area (Å²) in [4.78, 5) is 4.28. The molecule has 0 saturated heterocycles. The average Bonchev–Trinajstić information content (AvgIpc) is 2.66. The number of methoxy groups -OCH3 is 1. The molecule has 2 rings (SSSR count). The molecule has 0 aromatic heterocycles. The van der Waals surface area contributed by atoms with Crippen LogP contribution in [0.5, 0.6) is 11.5 Å². The van der Waals surface area contributed by atoms with Gasteiger partial charge in [0, 0.05) is 20.1 Å². The molecule has 2 aromatic carbocycles. The van der Waals surface area contributed by atoms with Gasteiger partial charge in [-0.15, -0.1) is 0 Å². The Morgan fingerprint density at radius 1 is 1.00 bits per heavy atom. The number of guanidine groups is 1. The lowest BCUT2D eigenvalue weighted by Gasteiger charge is -2.14. The lowest BCUT2D eigenvalue weighted by atomic mass is 10.1. The van der Waals surface area contributed by atoms with Crippen LogP contribution >= 0.6 is 0 Å². The quantitative estimate of drug-likeness (QED) is 0.560. The Balaban J connectivity index is 1.91. The molecule has 0 aliphatic rings. The van der Waals surface area contributed by atoms with E-state index >= 15 is 0 Å². The smallest absolute Gasteiger partial charge is 0.191 e. The van der Waals surface area contributed by atoms with E-state index in [1.165, 1.54) is 11.1 Å². The maximum absolute atomic E-state index is 5.69. The van der Waals surface area contributed by atoms with Gasteiger partial charge in [-0.3, -0.25) is 4.99 Å². The highest BCUT2D eigenvalue weighted by Gasteiger charge is 2.06. The van der Waals surface area contributed by atoms with Crippen molar-refractivity contribution >= 4 is 5.96 Å².